The molecule has 1 N–H and O–H groups in total. The molecule has 2 heteroatoms. The van der Waals surface area contributed by atoms with Gasteiger partial charge in [0.25, 0.3) is 0 Å². The van der Waals surface area contributed by atoms with Gasteiger partial charge in [-0.05, 0) is 34.6 Å². The van der Waals surface area contributed by atoms with Gasteiger partial charge in [-0.1, -0.05) is 69.3 Å². The summed E-state index contributed by atoms with van der Waals surface area (Å²) in [6, 6.07) is 23.1. The van der Waals surface area contributed by atoms with E-state index in [4.69, 9.17) is 4.74 Å². The van der Waals surface area contributed by atoms with Crippen LogP contribution in [0.2, 0.25) is 0 Å². The van der Waals surface area contributed by atoms with Crippen molar-refractivity contribution in [2.75, 3.05) is 18.5 Å². The molecule has 0 aliphatic heterocycles. The van der Waals surface area contributed by atoms with Gasteiger partial charge in [-0.25, -0.2) is 0 Å². The van der Waals surface area contributed by atoms with Crippen LogP contribution in [0.15, 0.2) is 66.7 Å². The Balaban J connectivity index is 1.55. The quantitative estimate of drug-likeness (QED) is 0.615. The minimum Gasteiger partial charge on any atom is -0.492 e. The first-order chi connectivity index (χ1) is 11.5. The van der Waals surface area contributed by atoms with Crippen LogP contribution in [0.5, 0.6) is 5.75 Å². The molecule has 0 aliphatic rings. The van der Waals surface area contributed by atoms with Crippen molar-refractivity contribution in [1.29, 1.82) is 0 Å². The van der Waals surface area contributed by atoms with Gasteiger partial charge in [0.2, 0.25) is 0 Å². The second kappa shape index (κ2) is 6.96. The monoisotopic (exact) mass is 319 g/mol. The van der Waals surface area contributed by atoms with Gasteiger partial charge in [-0.15, -0.1) is 0 Å². The average Bonchev–Trinajstić information content (AvgIpc) is 2.58. The molecule has 0 radical (unpaired) electrons. The summed E-state index contributed by atoms with van der Waals surface area (Å²) in [5, 5.41) is 5.96. The normalized spacial score (nSPS) is 11.5. The van der Waals surface area contributed by atoms with Gasteiger partial charge in [-0.3, -0.25) is 0 Å². The minimum atomic E-state index is 0.175. The molecule has 0 fully saturated rings. The lowest BCUT2D eigenvalue weighted by Gasteiger charge is -2.19. The summed E-state index contributed by atoms with van der Waals surface area (Å²) >= 11 is 0. The van der Waals surface area contributed by atoms with Crippen molar-refractivity contribution < 1.29 is 4.74 Å². The van der Waals surface area contributed by atoms with Crippen molar-refractivity contribution in [2.24, 2.45) is 0 Å². The van der Waals surface area contributed by atoms with Gasteiger partial charge < -0.3 is 10.1 Å². The number of hydrogen-bond acceptors (Lipinski definition) is 2. The van der Waals surface area contributed by atoms with E-state index >= 15 is 0 Å². The molecule has 3 aromatic rings. The van der Waals surface area contributed by atoms with Crippen LogP contribution in [0.1, 0.15) is 26.3 Å². The number of ether oxygens (including phenoxy) is 1. The second-order valence-corrected chi connectivity index (χ2v) is 7.08. The molecule has 0 atom stereocenters. The molecule has 0 saturated carbocycles. The first-order valence-corrected chi connectivity index (χ1v) is 8.49. The summed E-state index contributed by atoms with van der Waals surface area (Å²) in [5.74, 6) is 0.919. The number of fused-ring (bicyclic) bond motifs is 1. The zero-order valence-electron chi connectivity index (χ0n) is 14.7. The zero-order chi connectivity index (χ0) is 17.0. The second-order valence-electron chi connectivity index (χ2n) is 7.08. The third kappa shape index (κ3) is 3.88. The molecular formula is C22H25NO. The lowest BCUT2D eigenvalue weighted by molar-refractivity contribution is 0.332. The summed E-state index contributed by atoms with van der Waals surface area (Å²) in [7, 11) is 0. The molecule has 3 rings (SSSR count). The van der Waals surface area contributed by atoms with Crippen LogP contribution in [0.3, 0.4) is 0 Å². The van der Waals surface area contributed by atoms with E-state index in [2.05, 4.69) is 92.8 Å². The van der Waals surface area contributed by atoms with E-state index in [1.54, 1.807) is 0 Å². The maximum atomic E-state index is 5.84. The molecule has 0 saturated heterocycles. The highest BCUT2D eigenvalue weighted by atomic mass is 16.5. The Labute approximate surface area is 144 Å². The fourth-order valence-corrected chi connectivity index (χ4v) is 2.79. The number of rotatable bonds is 5. The Morgan fingerprint density at radius 3 is 2.29 bits per heavy atom. The standard InChI is InChI=1S/C22H25NO/c1-22(2,3)18-11-13-19(14-12-18)24-16-15-23-21-10-6-8-17-7-4-5-9-20(17)21/h4-14,23H,15-16H2,1-3H3. The molecule has 0 aromatic heterocycles. The molecule has 24 heavy (non-hydrogen) atoms. The molecule has 3 aromatic carbocycles. The van der Waals surface area contributed by atoms with Crippen LogP contribution in [0.4, 0.5) is 5.69 Å². The minimum absolute atomic E-state index is 0.175. The third-order valence-corrected chi connectivity index (χ3v) is 4.20. The van der Waals surface area contributed by atoms with Crippen LogP contribution in [0.25, 0.3) is 10.8 Å². The van der Waals surface area contributed by atoms with E-state index in [-0.39, 0.29) is 5.41 Å². The Bertz CT molecular complexity index is 795. The fourth-order valence-electron chi connectivity index (χ4n) is 2.79. The summed E-state index contributed by atoms with van der Waals surface area (Å²) in [5.41, 5.74) is 2.65. The first-order valence-electron chi connectivity index (χ1n) is 8.49. The Morgan fingerprint density at radius 1 is 0.833 bits per heavy atom. The lowest BCUT2D eigenvalue weighted by atomic mass is 9.87. The van der Waals surface area contributed by atoms with E-state index in [0.29, 0.717) is 6.61 Å². The van der Waals surface area contributed by atoms with E-state index in [1.165, 1.54) is 16.3 Å². The molecule has 0 unspecified atom stereocenters. The van der Waals surface area contributed by atoms with E-state index in [0.717, 1.165) is 18.0 Å². The van der Waals surface area contributed by atoms with Crippen molar-refractivity contribution in [2.45, 2.75) is 26.2 Å². The number of nitrogens with one attached hydrogen (secondary N) is 1. The Kier molecular flexibility index (Phi) is 4.75. The van der Waals surface area contributed by atoms with Gasteiger partial charge in [-0.2, -0.15) is 0 Å². The smallest absolute Gasteiger partial charge is 0.119 e. The van der Waals surface area contributed by atoms with Crippen LogP contribution in [-0.4, -0.2) is 13.2 Å². The maximum absolute atomic E-state index is 5.84. The van der Waals surface area contributed by atoms with Crippen molar-refractivity contribution in [3.8, 4) is 5.75 Å². The van der Waals surface area contributed by atoms with Crippen molar-refractivity contribution in [1.82, 2.24) is 0 Å². The van der Waals surface area contributed by atoms with Crippen LogP contribution < -0.4 is 10.1 Å². The first kappa shape index (κ1) is 16.4. The molecular weight excluding hydrogens is 294 g/mol. The van der Waals surface area contributed by atoms with Crippen molar-refractivity contribution in [3.05, 3.63) is 72.3 Å². The predicted octanol–water partition coefficient (Wildman–Crippen LogP) is 5.63. The van der Waals surface area contributed by atoms with Gasteiger partial charge in [0.1, 0.15) is 12.4 Å². The topological polar surface area (TPSA) is 21.3 Å². The molecule has 0 aliphatic carbocycles. The van der Waals surface area contributed by atoms with Gasteiger partial charge in [0.15, 0.2) is 0 Å². The summed E-state index contributed by atoms with van der Waals surface area (Å²) in [4.78, 5) is 0. The SMILES string of the molecule is CC(C)(C)c1ccc(OCCNc2cccc3ccccc23)cc1. The predicted molar refractivity (Wildman–Crippen MR) is 103 cm³/mol. The number of hydrogen-bond donors (Lipinski definition) is 1. The van der Waals surface area contributed by atoms with Gasteiger partial charge in [0.05, 0.1) is 0 Å². The molecule has 124 valence electrons. The third-order valence-electron chi connectivity index (χ3n) is 4.20. The largest absolute Gasteiger partial charge is 0.492 e. The van der Waals surface area contributed by atoms with Gasteiger partial charge in [0, 0.05) is 17.6 Å². The Hall–Kier alpha value is -2.48. The van der Waals surface area contributed by atoms with Gasteiger partial charge >= 0.3 is 0 Å². The summed E-state index contributed by atoms with van der Waals surface area (Å²) in [6.45, 7) is 8.07. The van der Waals surface area contributed by atoms with Crippen LogP contribution >= 0.6 is 0 Å². The molecule has 0 spiro atoms. The van der Waals surface area contributed by atoms with E-state index < -0.39 is 0 Å². The Morgan fingerprint density at radius 2 is 1.54 bits per heavy atom. The molecule has 0 heterocycles. The number of anilines is 1. The number of benzene rings is 3. The lowest BCUT2D eigenvalue weighted by Crippen LogP contribution is -2.12. The van der Waals surface area contributed by atoms with Crippen molar-refractivity contribution in [3.63, 3.8) is 0 Å². The average molecular weight is 319 g/mol. The molecule has 0 bridgehead atoms. The maximum Gasteiger partial charge on any atom is 0.119 e. The highest BCUT2D eigenvalue weighted by molar-refractivity contribution is 5.93. The van der Waals surface area contributed by atoms with Crippen LogP contribution in [0, 0.1) is 0 Å². The van der Waals surface area contributed by atoms with Crippen molar-refractivity contribution >= 4 is 16.5 Å². The summed E-state index contributed by atoms with van der Waals surface area (Å²) in [6.07, 6.45) is 0. The molecule has 2 nitrogen and oxygen atoms in total. The fraction of sp³-hybridized carbons (Fsp3) is 0.273. The summed E-state index contributed by atoms with van der Waals surface area (Å²) < 4.78 is 5.84. The highest BCUT2D eigenvalue weighted by Gasteiger charge is 2.12. The highest BCUT2D eigenvalue weighted by Crippen LogP contribution is 2.25. The molecule has 0 amide bonds. The van der Waals surface area contributed by atoms with Crippen LogP contribution in [-0.2, 0) is 5.41 Å². The van der Waals surface area contributed by atoms with E-state index in [1.807, 2.05) is 0 Å². The zero-order valence-corrected chi connectivity index (χ0v) is 14.7. The van der Waals surface area contributed by atoms with E-state index in [9.17, 15) is 0 Å².